The largest absolute Gasteiger partial charge is 0.448 e. The number of benzene rings is 2. The van der Waals surface area contributed by atoms with Crippen LogP contribution in [0.1, 0.15) is 41.8 Å². The maximum absolute atomic E-state index is 13.9. The van der Waals surface area contributed by atoms with Crippen molar-refractivity contribution in [1.82, 2.24) is 4.31 Å². The summed E-state index contributed by atoms with van der Waals surface area (Å²) in [7, 11) is -3.55. The second kappa shape index (κ2) is 8.20. The number of fused-ring (bicyclic) bond motifs is 1. The van der Waals surface area contributed by atoms with Crippen LogP contribution in [0.5, 0.6) is 0 Å². The van der Waals surface area contributed by atoms with Crippen LogP contribution in [0, 0.1) is 12.7 Å². The predicted octanol–water partition coefficient (Wildman–Crippen LogP) is 4.70. The van der Waals surface area contributed by atoms with Gasteiger partial charge in [-0.2, -0.15) is 4.31 Å². The minimum Gasteiger partial charge on any atom is -0.448 e. The molecular weight excluding hydrogens is 407 g/mol. The van der Waals surface area contributed by atoms with E-state index in [0.717, 1.165) is 25.7 Å². The Labute approximate surface area is 174 Å². The minimum absolute atomic E-state index is 0.0244. The highest BCUT2D eigenvalue weighted by molar-refractivity contribution is 7.89. The lowest BCUT2D eigenvalue weighted by atomic mass is 10.1. The zero-order chi connectivity index (χ0) is 21.3. The summed E-state index contributed by atoms with van der Waals surface area (Å²) in [5, 5.41) is 3.22. The van der Waals surface area contributed by atoms with Crippen molar-refractivity contribution in [3.8, 4) is 0 Å². The first kappa shape index (κ1) is 20.6. The molecule has 1 aliphatic rings. The summed E-state index contributed by atoms with van der Waals surface area (Å²) in [6.07, 6.45) is 3.82. The molecule has 1 aliphatic heterocycles. The molecule has 158 valence electrons. The second-order valence-corrected chi connectivity index (χ2v) is 9.41. The standard InChI is InChI=1S/C22H23FN2O4S/c1-15-18-7-6-8-19(23)21(18)29-20(15)22(26)24-16-9-11-17(12-10-16)30(27,28)25-13-4-2-3-5-14-25/h6-12H,2-5,13-14H2,1H3,(H,24,26). The minimum atomic E-state index is -3.55. The fourth-order valence-electron chi connectivity index (χ4n) is 3.75. The first-order chi connectivity index (χ1) is 14.4. The first-order valence-electron chi connectivity index (χ1n) is 9.97. The molecule has 8 heteroatoms. The molecule has 1 N–H and O–H groups in total. The molecule has 4 rings (SSSR count). The van der Waals surface area contributed by atoms with Gasteiger partial charge in [-0.15, -0.1) is 0 Å². The van der Waals surface area contributed by atoms with E-state index in [2.05, 4.69) is 5.32 Å². The van der Waals surface area contributed by atoms with Crippen LogP contribution in [-0.4, -0.2) is 31.7 Å². The normalized spacial score (nSPS) is 15.8. The molecule has 1 aromatic heterocycles. The molecule has 0 aliphatic carbocycles. The van der Waals surface area contributed by atoms with Crippen molar-refractivity contribution in [3.63, 3.8) is 0 Å². The number of nitrogens with one attached hydrogen (secondary N) is 1. The fourth-order valence-corrected chi connectivity index (χ4v) is 5.27. The second-order valence-electron chi connectivity index (χ2n) is 7.47. The van der Waals surface area contributed by atoms with E-state index in [9.17, 15) is 17.6 Å². The molecule has 0 saturated carbocycles. The zero-order valence-electron chi connectivity index (χ0n) is 16.7. The van der Waals surface area contributed by atoms with Crippen molar-refractivity contribution in [2.75, 3.05) is 18.4 Å². The van der Waals surface area contributed by atoms with Gasteiger partial charge in [0.05, 0.1) is 4.90 Å². The van der Waals surface area contributed by atoms with E-state index in [-0.39, 0.29) is 16.2 Å². The van der Waals surface area contributed by atoms with Gasteiger partial charge in [0.15, 0.2) is 17.2 Å². The number of rotatable bonds is 4. The number of sulfonamides is 1. The van der Waals surface area contributed by atoms with Gasteiger partial charge in [0.2, 0.25) is 10.0 Å². The van der Waals surface area contributed by atoms with Gasteiger partial charge in [-0.05, 0) is 50.1 Å². The lowest BCUT2D eigenvalue weighted by Gasteiger charge is -2.20. The highest BCUT2D eigenvalue weighted by Crippen LogP contribution is 2.28. The molecule has 2 aromatic carbocycles. The Morgan fingerprint density at radius 3 is 2.33 bits per heavy atom. The third kappa shape index (κ3) is 3.85. The van der Waals surface area contributed by atoms with E-state index in [1.165, 1.54) is 22.5 Å². The molecule has 0 bridgehead atoms. The first-order valence-corrected chi connectivity index (χ1v) is 11.4. The predicted molar refractivity (Wildman–Crippen MR) is 113 cm³/mol. The summed E-state index contributed by atoms with van der Waals surface area (Å²) in [5.41, 5.74) is 1.01. The van der Waals surface area contributed by atoms with Gasteiger partial charge < -0.3 is 9.73 Å². The molecule has 0 unspecified atom stereocenters. The van der Waals surface area contributed by atoms with Gasteiger partial charge in [0, 0.05) is 29.7 Å². The number of hydrogen-bond donors (Lipinski definition) is 1. The number of carbonyl (C=O) groups is 1. The van der Waals surface area contributed by atoms with E-state index >= 15 is 0 Å². The van der Waals surface area contributed by atoms with Crippen LogP contribution in [0.2, 0.25) is 0 Å². The third-order valence-electron chi connectivity index (χ3n) is 5.44. The number of hydrogen-bond acceptors (Lipinski definition) is 4. The monoisotopic (exact) mass is 430 g/mol. The van der Waals surface area contributed by atoms with Crippen LogP contribution >= 0.6 is 0 Å². The van der Waals surface area contributed by atoms with E-state index in [0.29, 0.717) is 29.7 Å². The van der Waals surface area contributed by atoms with Crippen molar-refractivity contribution in [1.29, 1.82) is 0 Å². The van der Waals surface area contributed by atoms with Crippen LogP contribution < -0.4 is 5.32 Å². The van der Waals surface area contributed by atoms with Crippen LogP contribution in [0.25, 0.3) is 11.0 Å². The fraction of sp³-hybridized carbons (Fsp3) is 0.318. The SMILES string of the molecule is Cc1c(C(=O)Nc2ccc(S(=O)(=O)N3CCCCCC3)cc2)oc2c(F)cccc12. The average Bonchev–Trinajstić information content (AvgIpc) is 2.91. The van der Waals surface area contributed by atoms with Gasteiger partial charge in [0.25, 0.3) is 5.91 Å². The van der Waals surface area contributed by atoms with E-state index in [4.69, 9.17) is 4.42 Å². The number of amides is 1. The Morgan fingerprint density at radius 2 is 1.70 bits per heavy atom. The maximum atomic E-state index is 13.9. The quantitative estimate of drug-likeness (QED) is 0.651. The molecule has 2 heterocycles. The van der Waals surface area contributed by atoms with Crippen molar-refractivity contribution >= 4 is 32.6 Å². The Kier molecular flexibility index (Phi) is 5.62. The number of aryl methyl sites for hydroxylation is 1. The highest BCUT2D eigenvalue weighted by Gasteiger charge is 2.25. The number of carbonyl (C=O) groups excluding carboxylic acids is 1. The van der Waals surface area contributed by atoms with Gasteiger partial charge in [-0.25, -0.2) is 12.8 Å². The van der Waals surface area contributed by atoms with E-state index in [1.807, 2.05) is 0 Å². The lowest BCUT2D eigenvalue weighted by Crippen LogP contribution is -2.31. The molecule has 1 fully saturated rings. The molecule has 0 radical (unpaired) electrons. The molecule has 0 spiro atoms. The summed E-state index contributed by atoms with van der Waals surface area (Å²) in [6, 6.07) is 10.6. The smallest absolute Gasteiger partial charge is 0.291 e. The topological polar surface area (TPSA) is 79.6 Å². The lowest BCUT2D eigenvalue weighted by molar-refractivity contribution is 0.0997. The number of furan rings is 1. The Hall–Kier alpha value is -2.71. The Bertz CT molecular complexity index is 1180. The molecule has 1 saturated heterocycles. The van der Waals surface area contributed by atoms with Gasteiger partial charge in [-0.3, -0.25) is 4.79 Å². The number of anilines is 1. The van der Waals surface area contributed by atoms with E-state index in [1.54, 1.807) is 31.2 Å². The van der Waals surface area contributed by atoms with Crippen LogP contribution in [0.3, 0.4) is 0 Å². The molecule has 30 heavy (non-hydrogen) atoms. The summed E-state index contributed by atoms with van der Waals surface area (Å²) in [4.78, 5) is 12.8. The maximum Gasteiger partial charge on any atom is 0.291 e. The summed E-state index contributed by atoms with van der Waals surface area (Å²) in [6.45, 7) is 2.75. The van der Waals surface area contributed by atoms with Crippen molar-refractivity contribution < 1.29 is 22.0 Å². The van der Waals surface area contributed by atoms with Gasteiger partial charge in [-0.1, -0.05) is 25.0 Å². The molecule has 3 aromatic rings. The number of nitrogens with zero attached hydrogens (tertiary/aromatic N) is 1. The summed E-state index contributed by atoms with van der Waals surface area (Å²) >= 11 is 0. The molecule has 6 nitrogen and oxygen atoms in total. The summed E-state index contributed by atoms with van der Waals surface area (Å²) < 4.78 is 46.6. The average molecular weight is 431 g/mol. The van der Waals surface area contributed by atoms with Crippen LogP contribution in [0.15, 0.2) is 51.8 Å². The van der Waals surface area contributed by atoms with Crippen LogP contribution in [0.4, 0.5) is 10.1 Å². The third-order valence-corrected chi connectivity index (χ3v) is 7.35. The summed E-state index contributed by atoms with van der Waals surface area (Å²) in [5.74, 6) is -1.03. The number of halogens is 1. The Balaban J connectivity index is 1.53. The van der Waals surface area contributed by atoms with Crippen LogP contribution in [-0.2, 0) is 10.0 Å². The zero-order valence-corrected chi connectivity index (χ0v) is 17.5. The molecular formula is C22H23FN2O4S. The van der Waals surface area contributed by atoms with Gasteiger partial charge >= 0.3 is 0 Å². The van der Waals surface area contributed by atoms with Crippen molar-refractivity contribution in [2.45, 2.75) is 37.5 Å². The molecule has 0 atom stereocenters. The highest BCUT2D eigenvalue weighted by atomic mass is 32.2. The van der Waals surface area contributed by atoms with Gasteiger partial charge in [0.1, 0.15) is 0 Å². The Morgan fingerprint density at radius 1 is 1.03 bits per heavy atom. The molecule has 1 amide bonds. The van der Waals surface area contributed by atoms with E-state index < -0.39 is 21.7 Å². The number of para-hydroxylation sites is 1. The van der Waals surface area contributed by atoms with Crippen molar-refractivity contribution in [2.24, 2.45) is 0 Å². The van der Waals surface area contributed by atoms with Crippen molar-refractivity contribution in [3.05, 3.63) is 59.6 Å².